The van der Waals surface area contributed by atoms with Crippen LogP contribution in [0.25, 0.3) is 0 Å². The van der Waals surface area contributed by atoms with Crippen molar-refractivity contribution >= 4 is 11.8 Å². The maximum Gasteiger partial charge on any atom is 0.243 e. The summed E-state index contributed by atoms with van der Waals surface area (Å²) in [5.74, 6) is 1.37. The topological polar surface area (TPSA) is 67.9 Å². The van der Waals surface area contributed by atoms with Crippen LogP contribution in [0.1, 0.15) is 82.4 Å². The highest BCUT2D eigenvalue weighted by Gasteiger charge is 2.30. The molecule has 2 aromatic rings. The van der Waals surface area contributed by atoms with Gasteiger partial charge < -0.3 is 19.7 Å². The number of nitrogens with zero attached hydrogens (tertiary/aromatic N) is 1. The predicted octanol–water partition coefficient (Wildman–Crippen LogP) is 5.98. The van der Waals surface area contributed by atoms with Crippen molar-refractivity contribution in [3.63, 3.8) is 0 Å². The summed E-state index contributed by atoms with van der Waals surface area (Å²) in [6.07, 6.45) is 7.04. The summed E-state index contributed by atoms with van der Waals surface area (Å²) in [5, 5.41) is 3.25. The fourth-order valence-corrected chi connectivity index (χ4v) is 5.12. The summed E-state index contributed by atoms with van der Waals surface area (Å²) in [4.78, 5) is 28.9. The number of rotatable bonds is 13. The van der Waals surface area contributed by atoms with Crippen LogP contribution in [-0.4, -0.2) is 42.0 Å². The third-order valence-electron chi connectivity index (χ3n) is 7.01. The van der Waals surface area contributed by atoms with E-state index < -0.39 is 6.04 Å². The minimum Gasteiger partial charge on any atom is -0.490 e. The fraction of sp³-hybridized carbons (Fsp3) is 0.548. The van der Waals surface area contributed by atoms with Crippen LogP contribution in [0.2, 0.25) is 0 Å². The molecule has 1 aliphatic carbocycles. The number of carbonyl (C=O) groups is 2. The Balaban J connectivity index is 1.76. The molecule has 0 heterocycles. The largest absolute Gasteiger partial charge is 0.490 e. The van der Waals surface area contributed by atoms with Crippen molar-refractivity contribution in [2.24, 2.45) is 0 Å². The van der Waals surface area contributed by atoms with E-state index in [-0.39, 0.29) is 17.9 Å². The Hall–Kier alpha value is -3.02. The van der Waals surface area contributed by atoms with Gasteiger partial charge in [0.1, 0.15) is 6.04 Å². The number of carbonyl (C=O) groups excluding carboxylic acids is 2. The van der Waals surface area contributed by atoms with E-state index in [9.17, 15) is 9.59 Å². The van der Waals surface area contributed by atoms with Crippen molar-refractivity contribution in [3.05, 3.63) is 59.2 Å². The molecule has 0 aliphatic heterocycles. The lowest BCUT2D eigenvalue weighted by molar-refractivity contribution is -0.141. The van der Waals surface area contributed by atoms with Gasteiger partial charge in [-0.15, -0.1) is 0 Å². The minimum atomic E-state index is -0.491. The summed E-state index contributed by atoms with van der Waals surface area (Å²) < 4.78 is 11.4. The van der Waals surface area contributed by atoms with Crippen LogP contribution in [-0.2, 0) is 22.6 Å². The quantitative estimate of drug-likeness (QED) is 0.361. The first-order valence-corrected chi connectivity index (χ1v) is 14.0. The molecular formula is C31H44N2O4. The predicted molar refractivity (Wildman–Crippen MR) is 148 cm³/mol. The normalized spacial score (nSPS) is 14.6. The molecule has 1 saturated carbocycles. The lowest BCUT2D eigenvalue weighted by atomic mass is 9.95. The number of aryl methyl sites for hydroxylation is 2. The molecule has 2 aromatic carbocycles. The Morgan fingerprint density at radius 1 is 0.946 bits per heavy atom. The Kier molecular flexibility index (Phi) is 11.3. The molecule has 37 heavy (non-hydrogen) atoms. The van der Waals surface area contributed by atoms with E-state index in [4.69, 9.17) is 9.47 Å². The van der Waals surface area contributed by atoms with E-state index in [1.54, 1.807) is 4.90 Å². The molecule has 1 N–H and O–H groups in total. The molecule has 202 valence electrons. The van der Waals surface area contributed by atoms with Crippen molar-refractivity contribution in [3.8, 4) is 11.5 Å². The zero-order chi connectivity index (χ0) is 26.6. The van der Waals surface area contributed by atoms with E-state index in [0.717, 1.165) is 42.4 Å². The molecule has 1 aliphatic rings. The van der Waals surface area contributed by atoms with Gasteiger partial charge in [-0.3, -0.25) is 9.59 Å². The van der Waals surface area contributed by atoms with Gasteiger partial charge >= 0.3 is 0 Å². The van der Waals surface area contributed by atoms with Crippen LogP contribution in [0.15, 0.2) is 42.5 Å². The first-order valence-electron chi connectivity index (χ1n) is 14.0. The molecule has 3 rings (SSSR count). The first kappa shape index (κ1) is 28.5. The average Bonchev–Trinajstić information content (AvgIpc) is 2.89. The molecular weight excluding hydrogens is 464 g/mol. The van der Waals surface area contributed by atoms with E-state index >= 15 is 0 Å². The molecule has 0 radical (unpaired) electrons. The third-order valence-corrected chi connectivity index (χ3v) is 7.01. The number of ether oxygens (including phenoxy) is 2. The number of benzene rings is 2. The van der Waals surface area contributed by atoms with E-state index in [1.165, 1.54) is 6.42 Å². The van der Waals surface area contributed by atoms with Gasteiger partial charge in [-0.2, -0.15) is 0 Å². The number of nitrogens with one attached hydrogen (secondary N) is 1. The SMILES string of the molecule is CCOc1ccc(CCC(=O)N(Cc2cccc(C)c2)[C@H](CC)C(=O)NC2CCCCC2)cc1OCC. The van der Waals surface area contributed by atoms with E-state index in [0.29, 0.717) is 50.5 Å². The van der Waals surface area contributed by atoms with Crippen LogP contribution in [0.4, 0.5) is 0 Å². The Bertz CT molecular complexity index is 1020. The maximum absolute atomic E-state index is 13.7. The number of hydrogen-bond acceptors (Lipinski definition) is 4. The van der Waals surface area contributed by atoms with Crippen LogP contribution in [0, 0.1) is 6.92 Å². The molecule has 2 amide bonds. The highest BCUT2D eigenvalue weighted by molar-refractivity contribution is 5.88. The average molecular weight is 509 g/mol. The fourth-order valence-electron chi connectivity index (χ4n) is 5.12. The second-order valence-electron chi connectivity index (χ2n) is 9.93. The van der Waals surface area contributed by atoms with Gasteiger partial charge in [0, 0.05) is 19.0 Å². The Labute approximate surface area is 222 Å². The Morgan fingerprint density at radius 2 is 1.68 bits per heavy atom. The van der Waals surface area contributed by atoms with Crippen molar-refractivity contribution in [2.75, 3.05) is 13.2 Å². The molecule has 6 nitrogen and oxygen atoms in total. The van der Waals surface area contributed by atoms with E-state index in [1.807, 2.05) is 64.1 Å². The highest BCUT2D eigenvalue weighted by Crippen LogP contribution is 2.29. The second-order valence-corrected chi connectivity index (χ2v) is 9.93. The zero-order valence-corrected chi connectivity index (χ0v) is 23.1. The molecule has 1 atom stereocenters. The van der Waals surface area contributed by atoms with Gasteiger partial charge in [0.2, 0.25) is 11.8 Å². The molecule has 0 aromatic heterocycles. The first-order chi connectivity index (χ1) is 17.9. The summed E-state index contributed by atoms with van der Waals surface area (Å²) in [6.45, 7) is 9.45. The van der Waals surface area contributed by atoms with Crippen LogP contribution >= 0.6 is 0 Å². The van der Waals surface area contributed by atoms with Crippen LogP contribution in [0.5, 0.6) is 11.5 Å². The summed E-state index contributed by atoms with van der Waals surface area (Å²) in [7, 11) is 0. The van der Waals surface area contributed by atoms with Crippen LogP contribution < -0.4 is 14.8 Å². The summed E-state index contributed by atoms with van der Waals surface area (Å²) >= 11 is 0. The minimum absolute atomic E-state index is 0.0148. The van der Waals surface area contributed by atoms with Gasteiger partial charge in [0.15, 0.2) is 11.5 Å². The lowest BCUT2D eigenvalue weighted by Gasteiger charge is -2.33. The van der Waals surface area contributed by atoms with Crippen molar-refractivity contribution in [1.82, 2.24) is 10.2 Å². The zero-order valence-electron chi connectivity index (χ0n) is 23.1. The maximum atomic E-state index is 13.7. The highest BCUT2D eigenvalue weighted by atomic mass is 16.5. The lowest BCUT2D eigenvalue weighted by Crippen LogP contribution is -2.51. The van der Waals surface area contributed by atoms with Crippen LogP contribution in [0.3, 0.4) is 0 Å². The molecule has 6 heteroatoms. The Morgan fingerprint density at radius 3 is 2.35 bits per heavy atom. The van der Waals surface area contributed by atoms with Gasteiger partial charge in [0.05, 0.1) is 13.2 Å². The van der Waals surface area contributed by atoms with Gasteiger partial charge in [-0.05, 0) is 69.7 Å². The van der Waals surface area contributed by atoms with Crippen molar-refractivity contribution in [1.29, 1.82) is 0 Å². The standard InChI is InChI=1S/C31H44N2O4/c1-5-27(31(35)32-26-14-9-8-10-15-26)33(22-25-13-11-12-23(4)20-25)30(34)19-17-24-16-18-28(36-6-2)29(21-24)37-7-3/h11-13,16,18,20-21,26-27H,5-10,14-15,17,19,22H2,1-4H3,(H,32,35)/t27-/m1/s1. The van der Waals surface area contributed by atoms with Gasteiger partial charge in [-0.1, -0.05) is 62.1 Å². The summed E-state index contributed by atoms with van der Waals surface area (Å²) in [5.41, 5.74) is 3.19. The summed E-state index contributed by atoms with van der Waals surface area (Å²) in [6, 6.07) is 13.7. The molecule has 0 saturated heterocycles. The number of hydrogen-bond donors (Lipinski definition) is 1. The molecule has 0 spiro atoms. The smallest absolute Gasteiger partial charge is 0.243 e. The molecule has 0 unspecified atom stereocenters. The number of amides is 2. The van der Waals surface area contributed by atoms with E-state index in [2.05, 4.69) is 11.4 Å². The van der Waals surface area contributed by atoms with Gasteiger partial charge in [-0.25, -0.2) is 0 Å². The third kappa shape index (κ3) is 8.51. The van der Waals surface area contributed by atoms with Gasteiger partial charge in [0.25, 0.3) is 0 Å². The monoisotopic (exact) mass is 508 g/mol. The molecule has 0 bridgehead atoms. The molecule has 1 fully saturated rings. The van der Waals surface area contributed by atoms with Crippen molar-refractivity contribution in [2.45, 2.75) is 97.7 Å². The second kappa shape index (κ2) is 14.7. The van der Waals surface area contributed by atoms with Crippen molar-refractivity contribution < 1.29 is 19.1 Å².